The van der Waals surface area contributed by atoms with Gasteiger partial charge in [-0.05, 0) is 31.2 Å². The summed E-state index contributed by atoms with van der Waals surface area (Å²) in [7, 11) is 0. The van der Waals surface area contributed by atoms with Crippen LogP contribution in [-0.2, 0) is 9.59 Å². The monoisotopic (exact) mass is 319 g/mol. The van der Waals surface area contributed by atoms with Crippen molar-refractivity contribution in [3.63, 3.8) is 0 Å². The van der Waals surface area contributed by atoms with Gasteiger partial charge in [-0.2, -0.15) is 0 Å². The van der Waals surface area contributed by atoms with E-state index in [4.69, 9.17) is 4.42 Å². The topological polar surface area (TPSA) is 59.3 Å². The number of nitrogens with one attached hydrogen (secondary N) is 1. The number of amides is 2. The maximum atomic E-state index is 11.6. The molecule has 1 fully saturated rings. The molecule has 1 aromatic heterocycles. The van der Waals surface area contributed by atoms with Crippen LogP contribution in [0.3, 0.4) is 0 Å². The Labute approximate surface area is 117 Å². The summed E-state index contributed by atoms with van der Waals surface area (Å²) < 4.78 is 6.68. The first-order valence-corrected chi connectivity index (χ1v) is 6.57. The molecule has 2 aromatic rings. The van der Waals surface area contributed by atoms with E-state index in [0.717, 1.165) is 15.4 Å². The fourth-order valence-corrected chi connectivity index (χ4v) is 2.52. The number of imide groups is 1. The second-order valence-electron chi connectivity index (χ2n) is 4.45. The molecule has 2 amide bonds. The molecule has 0 radical (unpaired) electrons. The van der Waals surface area contributed by atoms with Crippen molar-refractivity contribution in [2.45, 2.75) is 13.3 Å². The molecule has 0 saturated carbocycles. The molecule has 1 aliphatic heterocycles. The zero-order chi connectivity index (χ0) is 13.6. The number of carbonyl (C=O) groups excluding carboxylic acids is 2. The Balaban J connectivity index is 2.11. The fraction of sp³-hybridized carbons (Fsp3) is 0.143. The standard InChI is InChI=1S/C14H10BrNO3/c1-7(10-6-13(17)16-14(10)18)12-5-8-4-9(15)2-3-11(8)19-12/h2-5H,6H2,1H3,(H,16,17,18). The summed E-state index contributed by atoms with van der Waals surface area (Å²) in [6, 6.07) is 7.57. The van der Waals surface area contributed by atoms with Gasteiger partial charge in [-0.1, -0.05) is 15.9 Å². The van der Waals surface area contributed by atoms with Crippen molar-refractivity contribution in [1.82, 2.24) is 5.32 Å². The molecule has 3 rings (SSSR count). The summed E-state index contributed by atoms with van der Waals surface area (Å²) in [5, 5.41) is 3.23. The van der Waals surface area contributed by atoms with Gasteiger partial charge in [0.15, 0.2) is 0 Å². The first-order valence-electron chi connectivity index (χ1n) is 5.78. The fourth-order valence-electron chi connectivity index (χ4n) is 2.14. The van der Waals surface area contributed by atoms with E-state index in [1.54, 1.807) is 6.92 Å². The average molecular weight is 320 g/mol. The van der Waals surface area contributed by atoms with E-state index in [-0.39, 0.29) is 18.2 Å². The zero-order valence-corrected chi connectivity index (χ0v) is 11.7. The minimum absolute atomic E-state index is 0.116. The van der Waals surface area contributed by atoms with Crippen LogP contribution in [0.15, 0.2) is 38.7 Å². The second-order valence-corrected chi connectivity index (χ2v) is 5.37. The number of rotatable bonds is 1. The lowest BCUT2D eigenvalue weighted by Crippen LogP contribution is -2.19. The van der Waals surface area contributed by atoms with Crippen LogP contribution in [0.1, 0.15) is 19.1 Å². The van der Waals surface area contributed by atoms with Crippen LogP contribution in [0.5, 0.6) is 0 Å². The minimum Gasteiger partial charge on any atom is -0.456 e. The van der Waals surface area contributed by atoms with Crippen LogP contribution in [0.2, 0.25) is 0 Å². The molecule has 1 saturated heterocycles. The first-order chi connectivity index (χ1) is 9.04. The van der Waals surface area contributed by atoms with Crippen LogP contribution in [-0.4, -0.2) is 11.8 Å². The van der Waals surface area contributed by atoms with Crippen LogP contribution in [0, 0.1) is 0 Å². The van der Waals surface area contributed by atoms with Gasteiger partial charge < -0.3 is 4.42 Å². The Morgan fingerprint density at radius 3 is 2.79 bits per heavy atom. The predicted octanol–water partition coefficient (Wildman–Crippen LogP) is 3.02. The molecule has 0 unspecified atom stereocenters. The van der Waals surface area contributed by atoms with E-state index in [9.17, 15) is 9.59 Å². The highest BCUT2D eigenvalue weighted by molar-refractivity contribution is 9.10. The van der Waals surface area contributed by atoms with Crippen LogP contribution in [0.4, 0.5) is 0 Å². The van der Waals surface area contributed by atoms with Crippen LogP contribution < -0.4 is 5.32 Å². The number of carbonyl (C=O) groups is 2. The van der Waals surface area contributed by atoms with Gasteiger partial charge >= 0.3 is 0 Å². The van der Waals surface area contributed by atoms with Gasteiger partial charge in [0, 0.05) is 21.0 Å². The SMILES string of the molecule is CC(=C1CC(=O)NC1=O)c1cc2cc(Br)ccc2o1. The Kier molecular flexibility index (Phi) is 2.78. The van der Waals surface area contributed by atoms with E-state index in [2.05, 4.69) is 21.2 Å². The van der Waals surface area contributed by atoms with Gasteiger partial charge in [-0.3, -0.25) is 14.9 Å². The summed E-state index contributed by atoms with van der Waals surface area (Å²) in [4.78, 5) is 22.8. The molecule has 1 aliphatic rings. The van der Waals surface area contributed by atoms with Crippen molar-refractivity contribution in [2.24, 2.45) is 0 Å². The van der Waals surface area contributed by atoms with Gasteiger partial charge in [0.2, 0.25) is 5.91 Å². The van der Waals surface area contributed by atoms with Crippen molar-refractivity contribution in [3.05, 3.63) is 40.1 Å². The third kappa shape index (κ3) is 2.10. The van der Waals surface area contributed by atoms with Crippen molar-refractivity contribution >= 4 is 44.3 Å². The number of hydrogen-bond acceptors (Lipinski definition) is 3. The van der Waals surface area contributed by atoms with E-state index >= 15 is 0 Å². The Bertz CT molecular complexity index is 742. The number of halogens is 1. The van der Waals surface area contributed by atoms with Crippen molar-refractivity contribution < 1.29 is 14.0 Å². The summed E-state index contributed by atoms with van der Waals surface area (Å²) >= 11 is 3.40. The largest absolute Gasteiger partial charge is 0.456 e. The maximum Gasteiger partial charge on any atom is 0.254 e. The van der Waals surface area contributed by atoms with Gasteiger partial charge in [-0.15, -0.1) is 0 Å². The van der Waals surface area contributed by atoms with E-state index in [1.165, 1.54) is 0 Å². The molecule has 19 heavy (non-hydrogen) atoms. The third-order valence-electron chi connectivity index (χ3n) is 3.16. The molecular weight excluding hydrogens is 310 g/mol. The maximum absolute atomic E-state index is 11.6. The zero-order valence-electron chi connectivity index (χ0n) is 10.1. The van der Waals surface area contributed by atoms with E-state index in [1.807, 2.05) is 24.3 Å². The smallest absolute Gasteiger partial charge is 0.254 e. The summed E-state index contributed by atoms with van der Waals surface area (Å²) in [5.74, 6) is 0.0234. The minimum atomic E-state index is -0.330. The molecule has 0 aliphatic carbocycles. The number of fused-ring (bicyclic) bond motifs is 1. The van der Waals surface area contributed by atoms with Crippen molar-refractivity contribution in [1.29, 1.82) is 0 Å². The lowest BCUT2D eigenvalue weighted by Gasteiger charge is -1.98. The summed E-state index contributed by atoms with van der Waals surface area (Å²) in [6.07, 6.45) is 0.116. The molecule has 1 N–H and O–H groups in total. The molecule has 5 heteroatoms. The lowest BCUT2D eigenvalue weighted by atomic mass is 10.1. The van der Waals surface area contributed by atoms with Gasteiger partial charge in [0.25, 0.3) is 5.91 Å². The Morgan fingerprint density at radius 2 is 2.11 bits per heavy atom. The molecule has 0 bridgehead atoms. The molecule has 1 aromatic carbocycles. The Morgan fingerprint density at radius 1 is 1.32 bits per heavy atom. The van der Waals surface area contributed by atoms with Crippen molar-refractivity contribution in [3.8, 4) is 0 Å². The van der Waals surface area contributed by atoms with Gasteiger partial charge in [0.1, 0.15) is 11.3 Å². The molecule has 0 spiro atoms. The van der Waals surface area contributed by atoms with Gasteiger partial charge in [0.05, 0.1) is 6.42 Å². The molecule has 4 nitrogen and oxygen atoms in total. The van der Waals surface area contributed by atoms with Crippen molar-refractivity contribution in [2.75, 3.05) is 0 Å². The highest BCUT2D eigenvalue weighted by Gasteiger charge is 2.27. The Hall–Kier alpha value is -1.88. The number of hydrogen-bond donors (Lipinski definition) is 1. The number of furan rings is 1. The quantitative estimate of drug-likeness (QED) is 0.649. The van der Waals surface area contributed by atoms with Gasteiger partial charge in [-0.25, -0.2) is 0 Å². The summed E-state index contributed by atoms with van der Waals surface area (Å²) in [6.45, 7) is 1.79. The highest BCUT2D eigenvalue weighted by Crippen LogP contribution is 2.30. The van der Waals surface area contributed by atoms with Crippen LogP contribution in [0.25, 0.3) is 16.5 Å². The normalized spacial score (nSPS) is 18.0. The summed E-state index contributed by atoms with van der Waals surface area (Å²) in [5.41, 5.74) is 1.93. The number of benzene rings is 1. The molecular formula is C14H10BrNO3. The third-order valence-corrected chi connectivity index (χ3v) is 3.66. The van der Waals surface area contributed by atoms with E-state index < -0.39 is 0 Å². The van der Waals surface area contributed by atoms with Crippen LogP contribution >= 0.6 is 15.9 Å². The lowest BCUT2D eigenvalue weighted by molar-refractivity contribution is -0.124. The second kappa shape index (κ2) is 4.35. The molecule has 0 atom stereocenters. The van der Waals surface area contributed by atoms with E-state index in [0.29, 0.717) is 16.9 Å². The highest BCUT2D eigenvalue weighted by atomic mass is 79.9. The average Bonchev–Trinajstić information content (AvgIpc) is 2.91. The molecule has 2 heterocycles. The number of allylic oxidation sites excluding steroid dienone is 1. The predicted molar refractivity (Wildman–Crippen MR) is 74.3 cm³/mol. The molecule has 96 valence electrons. The first kappa shape index (κ1) is 12.2.